The lowest BCUT2D eigenvalue weighted by molar-refractivity contribution is -0.157. The molecule has 1 aromatic carbocycles. The molecule has 2 aromatic heterocycles. The zero-order valence-electron chi connectivity index (χ0n) is 41.0. The van der Waals surface area contributed by atoms with Crippen molar-refractivity contribution in [1.82, 2.24) is 40.8 Å². The molecule has 0 saturated heterocycles. The number of methoxy groups -OCH3 is 1. The van der Waals surface area contributed by atoms with Crippen LogP contribution in [0.2, 0.25) is 0 Å². The lowest BCUT2D eigenvalue weighted by Gasteiger charge is -2.24. The van der Waals surface area contributed by atoms with Gasteiger partial charge in [-0.15, -0.1) is 0 Å². The number of nitrogen functional groups attached to an aromatic ring is 2. The van der Waals surface area contributed by atoms with E-state index >= 15 is 0 Å². The van der Waals surface area contributed by atoms with Crippen molar-refractivity contribution < 1.29 is 52.5 Å². The summed E-state index contributed by atoms with van der Waals surface area (Å²) in [5.41, 5.74) is 13.3. The molecule has 378 valence electrons. The number of benzene rings is 1. The van der Waals surface area contributed by atoms with E-state index in [4.69, 9.17) is 35.2 Å². The second-order valence-electron chi connectivity index (χ2n) is 16.4. The maximum Gasteiger partial charge on any atom is 0.329 e. The van der Waals surface area contributed by atoms with Gasteiger partial charge in [0.25, 0.3) is 5.91 Å². The summed E-state index contributed by atoms with van der Waals surface area (Å²) >= 11 is 0. The van der Waals surface area contributed by atoms with Gasteiger partial charge in [0.1, 0.15) is 11.6 Å². The Morgan fingerprint density at radius 1 is 0.824 bits per heavy atom. The smallest absolute Gasteiger partial charge is 0.329 e. The van der Waals surface area contributed by atoms with E-state index in [1.54, 1.807) is 70.2 Å². The summed E-state index contributed by atoms with van der Waals surface area (Å²) in [5, 5.41) is 8.04. The monoisotopic (exact) mass is 956 g/mol. The molecule has 0 saturated carbocycles. The van der Waals surface area contributed by atoms with E-state index in [1.807, 2.05) is 11.9 Å². The Bertz CT molecular complexity index is 2030. The highest BCUT2D eigenvalue weighted by molar-refractivity contribution is 5.97. The number of unbranched alkanes of at least 4 members (excludes halogenated alkanes) is 1. The van der Waals surface area contributed by atoms with E-state index in [-0.39, 0.29) is 67.6 Å². The van der Waals surface area contributed by atoms with Crippen molar-refractivity contribution >= 4 is 64.2 Å². The van der Waals surface area contributed by atoms with Crippen molar-refractivity contribution in [3.8, 4) is 0 Å². The first-order chi connectivity index (χ1) is 32.4. The van der Waals surface area contributed by atoms with Crippen LogP contribution >= 0.6 is 0 Å². The first kappa shape index (κ1) is 57.9. The highest BCUT2D eigenvalue weighted by Gasteiger charge is 2.28. The van der Waals surface area contributed by atoms with E-state index in [1.165, 1.54) is 7.05 Å². The number of hydrogen-bond acceptors (Lipinski definition) is 18. The molecule has 22 nitrogen and oxygen atoms in total. The number of nitrogens with two attached hydrogens (primary N) is 2. The standard InChI is InChI=1S/C25H33N9O4.C21H40N2O7/c1-25(2,3)38-23(37)17(10-11-18(35)28-4)31-22(36)14-6-8-16(9-7-14)34(5)13-15-12-29-21-19(30-15)20(26)32-24(27)33-21;1-4-6-12-23(20(25)8-9-21(26)30-5-2)13-7-11-22-19(24)10-14-28-17-18-29-16-15-27-3/h6-9,12,17H,10-11,13H2,1-5H3,(H,28,35)(H,31,36)(H4,26,27,29,32,33);4-18H2,1-3H3,(H,22,24)/t17-;/m1./s1. The second kappa shape index (κ2) is 31.7. The van der Waals surface area contributed by atoms with E-state index in [0.29, 0.717) is 94.7 Å². The zero-order valence-corrected chi connectivity index (χ0v) is 41.0. The van der Waals surface area contributed by atoms with Crippen molar-refractivity contribution in [2.75, 3.05) is 96.8 Å². The van der Waals surface area contributed by atoms with Crippen LogP contribution in [0, 0.1) is 0 Å². The van der Waals surface area contributed by atoms with Crippen LogP contribution in [0.4, 0.5) is 17.5 Å². The molecular formula is C46H73N11O11. The van der Waals surface area contributed by atoms with Gasteiger partial charge in [-0.05, 0) is 71.2 Å². The number of ether oxygens (including phenoxy) is 5. The van der Waals surface area contributed by atoms with E-state index < -0.39 is 23.5 Å². The minimum Gasteiger partial charge on any atom is -0.466 e. The molecule has 0 aliphatic carbocycles. The molecule has 4 amide bonds. The van der Waals surface area contributed by atoms with Crippen molar-refractivity contribution in [3.63, 3.8) is 0 Å². The summed E-state index contributed by atoms with van der Waals surface area (Å²) < 4.78 is 25.8. The Balaban J connectivity index is 0.000000482. The molecule has 0 unspecified atom stereocenters. The summed E-state index contributed by atoms with van der Waals surface area (Å²) in [6.45, 7) is 13.8. The molecule has 0 fully saturated rings. The quantitative estimate of drug-likeness (QED) is 0.0494. The Kier molecular flexibility index (Phi) is 26.9. The third kappa shape index (κ3) is 23.5. The average Bonchev–Trinajstić information content (AvgIpc) is 3.29. The molecular weight excluding hydrogens is 883 g/mol. The number of hydrogen-bond donors (Lipinski definition) is 5. The summed E-state index contributed by atoms with van der Waals surface area (Å²) in [6, 6.07) is 5.86. The Morgan fingerprint density at radius 2 is 1.50 bits per heavy atom. The number of carbonyl (C=O) groups excluding carboxylic acids is 6. The first-order valence-corrected chi connectivity index (χ1v) is 22.9. The number of amides is 4. The summed E-state index contributed by atoms with van der Waals surface area (Å²) in [4.78, 5) is 93.3. The highest BCUT2D eigenvalue weighted by Crippen LogP contribution is 2.19. The molecule has 22 heteroatoms. The number of esters is 2. The van der Waals surface area contributed by atoms with E-state index in [0.717, 1.165) is 18.5 Å². The summed E-state index contributed by atoms with van der Waals surface area (Å²) in [5.74, 6) is -1.60. The van der Waals surface area contributed by atoms with Gasteiger partial charge in [0, 0.05) is 71.4 Å². The fourth-order valence-electron chi connectivity index (χ4n) is 6.05. The number of carbonyl (C=O) groups is 6. The number of nitrogens with zero attached hydrogens (tertiary/aromatic N) is 6. The maximum atomic E-state index is 12.9. The SMILES string of the molecule is CCCCN(CCCNC(=O)CCOCCOCCOC)C(=O)CCC(=O)OCC.CNC(=O)CC[C@@H](NC(=O)c1ccc(N(C)Cc2cnc3nc(N)nc(N)c3n2)cc1)C(=O)OC(C)(C)C. The largest absolute Gasteiger partial charge is 0.466 e. The number of rotatable bonds is 29. The van der Waals surface area contributed by atoms with Gasteiger partial charge < -0.3 is 60.9 Å². The number of fused-ring (bicyclic) bond motifs is 1. The van der Waals surface area contributed by atoms with Crippen molar-refractivity contribution in [2.24, 2.45) is 0 Å². The highest BCUT2D eigenvalue weighted by atomic mass is 16.6. The molecule has 3 rings (SSSR count). The zero-order chi connectivity index (χ0) is 50.5. The molecule has 0 radical (unpaired) electrons. The fraction of sp³-hybridized carbons (Fsp3) is 0.609. The molecule has 3 aromatic rings. The number of nitrogens with one attached hydrogen (secondary N) is 3. The normalized spacial score (nSPS) is 11.4. The average molecular weight is 956 g/mol. The number of aromatic nitrogens is 4. The van der Waals surface area contributed by atoms with Crippen LogP contribution in [0.1, 0.15) is 102 Å². The summed E-state index contributed by atoms with van der Waals surface area (Å²) in [7, 11) is 4.99. The van der Waals surface area contributed by atoms with Gasteiger partial charge in [-0.3, -0.25) is 24.0 Å². The molecule has 1 atom stereocenters. The van der Waals surface area contributed by atoms with Gasteiger partial charge in [0.2, 0.25) is 23.7 Å². The minimum absolute atomic E-state index is 0.0298. The molecule has 0 aliphatic heterocycles. The van der Waals surface area contributed by atoms with E-state index in [2.05, 4.69) is 42.8 Å². The van der Waals surface area contributed by atoms with Gasteiger partial charge in [0.15, 0.2) is 17.0 Å². The first-order valence-electron chi connectivity index (χ1n) is 22.9. The Labute approximate surface area is 399 Å². The van der Waals surface area contributed by atoms with Gasteiger partial charge in [-0.2, -0.15) is 9.97 Å². The topological polar surface area (TPSA) is 295 Å². The van der Waals surface area contributed by atoms with Gasteiger partial charge in [-0.1, -0.05) is 13.3 Å². The summed E-state index contributed by atoms with van der Waals surface area (Å²) in [6.07, 6.45) is 4.85. The van der Waals surface area contributed by atoms with Gasteiger partial charge in [0.05, 0.1) is 64.5 Å². The third-order valence-electron chi connectivity index (χ3n) is 9.59. The third-order valence-corrected chi connectivity index (χ3v) is 9.59. The van der Waals surface area contributed by atoms with Crippen LogP contribution in [-0.2, 0) is 54.2 Å². The predicted octanol–water partition coefficient (Wildman–Crippen LogP) is 2.72. The van der Waals surface area contributed by atoms with Crippen molar-refractivity contribution in [2.45, 2.75) is 104 Å². The van der Waals surface area contributed by atoms with Crippen LogP contribution in [0.25, 0.3) is 11.2 Å². The lowest BCUT2D eigenvalue weighted by Crippen LogP contribution is -2.44. The van der Waals surface area contributed by atoms with Crippen LogP contribution in [0.3, 0.4) is 0 Å². The van der Waals surface area contributed by atoms with Crippen molar-refractivity contribution in [1.29, 1.82) is 0 Å². The van der Waals surface area contributed by atoms with E-state index in [9.17, 15) is 28.8 Å². The van der Waals surface area contributed by atoms with Gasteiger partial charge >= 0.3 is 11.9 Å². The lowest BCUT2D eigenvalue weighted by atomic mass is 10.1. The Morgan fingerprint density at radius 3 is 2.15 bits per heavy atom. The van der Waals surface area contributed by atoms with Crippen molar-refractivity contribution in [3.05, 3.63) is 41.7 Å². The van der Waals surface area contributed by atoms with Crippen LogP contribution < -0.4 is 32.3 Å². The van der Waals surface area contributed by atoms with Crippen LogP contribution in [0.15, 0.2) is 30.5 Å². The van der Waals surface area contributed by atoms with Gasteiger partial charge in [-0.25, -0.2) is 14.8 Å². The molecule has 0 spiro atoms. The minimum atomic E-state index is -0.973. The predicted molar refractivity (Wildman–Crippen MR) is 256 cm³/mol. The molecule has 2 heterocycles. The molecule has 7 N–H and O–H groups in total. The second-order valence-corrected chi connectivity index (χ2v) is 16.4. The molecule has 0 aliphatic rings. The van der Waals surface area contributed by atoms with Crippen LogP contribution in [-0.4, -0.2) is 153 Å². The fourth-order valence-corrected chi connectivity index (χ4v) is 6.05. The number of anilines is 3. The Hall–Kier alpha value is -6.26. The maximum absolute atomic E-state index is 12.9. The molecule has 0 bridgehead atoms. The van der Waals surface area contributed by atoms with Crippen LogP contribution in [0.5, 0.6) is 0 Å². The molecule has 68 heavy (non-hydrogen) atoms.